The number of nitrogens with two attached hydrogens (primary N) is 1. The zero-order valence-corrected chi connectivity index (χ0v) is 10.8. The van der Waals surface area contributed by atoms with Crippen molar-refractivity contribution in [1.82, 2.24) is 4.90 Å². The van der Waals surface area contributed by atoms with Gasteiger partial charge >= 0.3 is 5.97 Å². The Balaban J connectivity index is 4.32. The van der Waals surface area contributed by atoms with Gasteiger partial charge in [-0.05, 0) is 12.8 Å². The van der Waals surface area contributed by atoms with Crippen LogP contribution in [-0.4, -0.2) is 41.0 Å². The highest BCUT2D eigenvalue weighted by Gasteiger charge is 2.22. The second kappa shape index (κ2) is 8.98. The third-order valence-corrected chi connectivity index (χ3v) is 2.59. The zero-order chi connectivity index (χ0) is 13.3. The van der Waals surface area contributed by atoms with E-state index in [-0.39, 0.29) is 12.3 Å². The van der Waals surface area contributed by atoms with Gasteiger partial charge < -0.3 is 15.7 Å². The van der Waals surface area contributed by atoms with Crippen LogP contribution in [0, 0.1) is 0 Å². The van der Waals surface area contributed by atoms with Crippen LogP contribution < -0.4 is 5.73 Å². The Morgan fingerprint density at radius 3 is 2.00 bits per heavy atom. The van der Waals surface area contributed by atoms with Gasteiger partial charge in [-0.1, -0.05) is 26.7 Å². The first-order valence-electron chi connectivity index (χ1n) is 6.29. The molecule has 0 aromatic heterocycles. The van der Waals surface area contributed by atoms with E-state index < -0.39 is 12.0 Å². The van der Waals surface area contributed by atoms with Crippen LogP contribution in [0.1, 0.15) is 46.0 Å². The highest BCUT2D eigenvalue weighted by atomic mass is 16.4. The lowest BCUT2D eigenvalue weighted by atomic mass is 10.1. The molecule has 0 saturated heterocycles. The molecule has 0 aliphatic carbocycles. The van der Waals surface area contributed by atoms with Crippen LogP contribution in [0.25, 0.3) is 0 Å². The summed E-state index contributed by atoms with van der Waals surface area (Å²) < 4.78 is 0. The van der Waals surface area contributed by atoms with Crippen molar-refractivity contribution >= 4 is 11.9 Å². The standard InChI is InChI=1S/C12H24N2O3/c1-3-5-7-14(8-6-4-2)12(17)10(13)9-11(15)16/h10H,3-9,13H2,1-2H3,(H,15,16)/t10-/m0/s1. The lowest BCUT2D eigenvalue weighted by Crippen LogP contribution is -2.45. The normalized spacial score (nSPS) is 12.2. The van der Waals surface area contributed by atoms with E-state index in [1.807, 2.05) is 0 Å². The van der Waals surface area contributed by atoms with Gasteiger partial charge in [0, 0.05) is 13.1 Å². The first kappa shape index (κ1) is 15.9. The quantitative estimate of drug-likeness (QED) is 0.638. The van der Waals surface area contributed by atoms with Gasteiger partial charge in [-0.15, -0.1) is 0 Å². The monoisotopic (exact) mass is 244 g/mol. The molecule has 1 amide bonds. The number of nitrogens with zero attached hydrogens (tertiary/aromatic N) is 1. The summed E-state index contributed by atoms with van der Waals surface area (Å²) in [6.07, 6.45) is 3.56. The summed E-state index contributed by atoms with van der Waals surface area (Å²) in [5.41, 5.74) is 5.59. The smallest absolute Gasteiger partial charge is 0.305 e. The van der Waals surface area contributed by atoms with Crippen molar-refractivity contribution in [1.29, 1.82) is 0 Å². The third kappa shape index (κ3) is 6.94. The second-order valence-electron chi connectivity index (χ2n) is 4.24. The molecule has 0 unspecified atom stereocenters. The van der Waals surface area contributed by atoms with Gasteiger partial charge in [0.1, 0.15) is 0 Å². The van der Waals surface area contributed by atoms with E-state index >= 15 is 0 Å². The lowest BCUT2D eigenvalue weighted by Gasteiger charge is -2.25. The van der Waals surface area contributed by atoms with Crippen molar-refractivity contribution in [3.8, 4) is 0 Å². The summed E-state index contributed by atoms with van der Waals surface area (Å²) in [7, 11) is 0. The summed E-state index contributed by atoms with van der Waals surface area (Å²) in [6, 6.07) is -0.916. The van der Waals surface area contributed by atoms with E-state index in [1.54, 1.807) is 4.90 Å². The molecule has 5 nitrogen and oxygen atoms in total. The third-order valence-electron chi connectivity index (χ3n) is 2.59. The second-order valence-corrected chi connectivity index (χ2v) is 4.24. The summed E-state index contributed by atoms with van der Waals surface area (Å²) in [5.74, 6) is -1.27. The Kier molecular flexibility index (Phi) is 8.40. The molecule has 0 rings (SSSR count). The minimum atomic E-state index is -1.03. The fourth-order valence-electron chi connectivity index (χ4n) is 1.54. The number of carbonyl (C=O) groups is 2. The molecular formula is C12H24N2O3. The number of carbonyl (C=O) groups excluding carboxylic acids is 1. The van der Waals surface area contributed by atoms with Crippen molar-refractivity contribution in [2.24, 2.45) is 5.73 Å². The largest absolute Gasteiger partial charge is 0.481 e. The average Bonchev–Trinajstić information content (AvgIpc) is 2.27. The first-order chi connectivity index (χ1) is 8.02. The van der Waals surface area contributed by atoms with Gasteiger partial charge in [0.15, 0.2) is 0 Å². The number of hydrogen-bond acceptors (Lipinski definition) is 3. The molecule has 5 heteroatoms. The molecule has 0 saturated carbocycles. The van der Waals surface area contributed by atoms with E-state index in [4.69, 9.17) is 10.8 Å². The van der Waals surface area contributed by atoms with Crippen LogP contribution in [-0.2, 0) is 9.59 Å². The van der Waals surface area contributed by atoms with Crippen LogP contribution in [0.4, 0.5) is 0 Å². The van der Waals surface area contributed by atoms with Gasteiger partial charge in [-0.2, -0.15) is 0 Å². The molecule has 3 N–H and O–H groups in total. The zero-order valence-electron chi connectivity index (χ0n) is 10.8. The van der Waals surface area contributed by atoms with Crippen molar-refractivity contribution in [2.75, 3.05) is 13.1 Å². The SMILES string of the molecule is CCCCN(CCCC)C(=O)[C@@H](N)CC(=O)O. The first-order valence-corrected chi connectivity index (χ1v) is 6.29. The molecule has 0 aromatic carbocycles. The number of carboxylic acid groups (broad SMARTS) is 1. The maximum absolute atomic E-state index is 11.9. The lowest BCUT2D eigenvalue weighted by molar-refractivity contribution is -0.142. The highest BCUT2D eigenvalue weighted by Crippen LogP contribution is 2.03. The van der Waals surface area contributed by atoms with Gasteiger partial charge in [0.25, 0.3) is 0 Å². The van der Waals surface area contributed by atoms with Gasteiger partial charge in [-0.3, -0.25) is 9.59 Å². The highest BCUT2D eigenvalue weighted by molar-refractivity contribution is 5.85. The predicted molar refractivity (Wildman–Crippen MR) is 66.6 cm³/mol. The summed E-state index contributed by atoms with van der Waals surface area (Å²) in [5, 5.41) is 8.62. The molecule has 0 spiro atoms. The number of aliphatic carboxylic acids is 1. The molecule has 0 fully saturated rings. The molecule has 0 radical (unpaired) electrons. The molecule has 0 aromatic rings. The van der Waals surface area contributed by atoms with E-state index in [2.05, 4.69) is 13.8 Å². The van der Waals surface area contributed by atoms with Crippen molar-refractivity contribution in [2.45, 2.75) is 52.0 Å². The minimum Gasteiger partial charge on any atom is -0.481 e. The van der Waals surface area contributed by atoms with Crippen LogP contribution in [0.3, 0.4) is 0 Å². The minimum absolute atomic E-state index is 0.241. The molecule has 100 valence electrons. The summed E-state index contributed by atoms with van der Waals surface area (Å²) in [6.45, 7) is 5.45. The molecule has 0 bridgehead atoms. The summed E-state index contributed by atoms with van der Waals surface area (Å²) >= 11 is 0. The van der Waals surface area contributed by atoms with Crippen molar-refractivity contribution in [3.63, 3.8) is 0 Å². The van der Waals surface area contributed by atoms with Crippen LogP contribution >= 0.6 is 0 Å². The average molecular weight is 244 g/mol. The Morgan fingerprint density at radius 1 is 1.18 bits per heavy atom. The van der Waals surface area contributed by atoms with Gasteiger partial charge in [0.2, 0.25) is 5.91 Å². The fourth-order valence-corrected chi connectivity index (χ4v) is 1.54. The Hall–Kier alpha value is -1.10. The predicted octanol–water partition coefficient (Wildman–Crippen LogP) is 1.22. The maximum atomic E-state index is 11.9. The van der Waals surface area contributed by atoms with E-state index in [0.29, 0.717) is 13.1 Å². The van der Waals surface area contributed by atoms with E-state index in [0.717, 1.165) is 25.7 Å². The van der Waals surface area contributed by atoms with Gasteiger partial charge in [-0.25, -0.2) is 0 Å². The molecule has 1 atom stereocenters. The molecular weight excluding hydrogens is 220 g/mol. The molecule has 0 heterocycles. The summed E-state index contributed by atoms with van der Waals surface area (Å²) in [4.78, 5) is 24.1. The Morgan fingerprint density at radius 2 is 1.65 bits per heavy atom. The fraction of sp³-hybridized carbons (Fsp3) is 0.833. The van der Waals surface area contributed by atoms with Crippen LogP contribution in [0.2, 0.25) is 0 Å². The van der Waals surface area contributed by atoms with Crippen molar-refractivity contribution in [3.05, 3.63) is 0 Å². The number of amides is 1. The number of hydrogen-bond donors (Lipinski definition) is 2. The van der Waals surface area contributed by atoms with Crippen LogP contribution in [0.5, 0.6) is 0 Å². The maximum Gasteiger partial charge on any atom is 0.305 e. The van der Waals surface area contributed by atoms with Crippen LogP contribution in [0.15, 0.2) is 0 Å². The van der Waals surface area contributed by atoms with Gasteiger partial charge in [0.05, 0.1) is 12.5 Å². The number of unbranched alkanes of at least 4 members (excludes halogenated alkanes) is 2. The van der Waals surface area contributed by atoms with Crippen molar-refractivity contribution < 1.29 is 14.7 Å². The Bertz CT molecular complexity index is 236. The molecule has 17 heavy (non-hydrogen) atoms. The number of carboxylic acids is 1. The topological polar surface area (TPSA) is 83.6 Å². The van der Waals surface area contributed by atoms with E-state index in [1.165, 1.54) is 0 Å². The number of rotatable bonds is 9. The Labute approximate surface area is 103 Å². The van der Waals surface area contributed by atoms with E-state index in [9.17, 15) is 9.59 Å². The molecule has 0 aliphatic heterocycles. The molecule has 0 aliphatic rings.